The molecule has 0 spiro atoms. The molecule has 33 heavy (non-hydrogen) atoms. The van der Waals surface area contributed by atoms with Crippen molar-refractivity contribution < 1.29 is 27.8 Å². The van der Waals surface area contributed by atoms with Crippen LogP contribution in [-0.2, 0) is 20.7 Å². The Morgan fingerprint density at radius 2 is 2.00 bits per heavy atom. The Labute approximate surface area is 189 Å². The number of fused-ring (bicyclic) bond motifs is 1. The van der Waals surface area contributed by atoms with Crippen LogP contribution in [0.25, 0.3) is 16.9 Å². The van der Waals surface area contributed by atoms with Crippen LogP contribution in [0.4, 0.5) is 19.3 Å². The Bertz CT molecular complexity index is 1200. The van der Waals surface area contributed by atoms with Gasteiger partial charge in [0.15, 0.2) is 0 Å². The van der Waals surface area contributed by atoms with Gasteiger partial charge in [-0.1, -0.05) is 0 Å². The molecule has 1 atom stereocenters. The summed E-state index contributed by atoms with van der Waals surface area (Å²) in [5.41, 5.74) is 1.90. The first-order valence-corrected chi connectivity index (χ1v) is 10.5. The van der Waals surface area contributed by atoms with Crippen LogP contribution in [0, 0.1) is 18.6 Å². The fourth-order valence-electron chi connectivity index (χ4n) is 4.02. The number of ether oxygens (including phenoxy) is 2. The van der Waals surface area contributed by atoms with Crippen molar-refractivity contribution >= 4 is 23.3 Å². The van der Waals surface area contributed by atoms with Gasteiger partial charge in [-0.05, 0) is 36.8 Å². The maximum absolute atomic E-state index is 15.1. The number of nitrogens with zero attached hydrogens (tertiary/aromatic N) is 3. The number of amides is 2. The van der Waals surface area contributed by atoms with Gasteiger partial charge in [0.25, 0.3) is 0 Å². The van der Waals surface area contributed by atoms with Gasteiger partial charge in [-0.15, -0.1) is 0 Å². The van der Waals surface area contributed by atoms with Crippen LogP contribution < -0.4 is 5.32 Å². The molecule has 8 nitrogen and oxygen atoms in total. The lowest BCUT2D eigenvalue weighted by Gasteiger charge is -2.32. The molecule has 10 heteroatoms. The molecule has 174 valence electrons. The second kappa shape index (κ2) is 9.14. The number of rotatable bonds is 4. The molecule has 2 amide bonds. The number of halogens is 2. The van der Waals surface area contributed by atoms with Gasteiger partial charge in [0.05, 0.1) is 43.3 Å². The molecule has 1 aliphatic heterocycles. The Morgan fingerprint density at radius 3 is 2.67 bits per heavy atom. The first-order chi connectivity index (χ1) is 15.8. The summed E-state index contributed by atoms with van der Waals surface area (Å²) in [5, 5.41) is 2.39. The number of anilines is 1. The average Bonchev–Trinajstić information content (AvgIpc) is 3.09. The second-order valence-corrected chi connectivity index (χ2v) is 7.95. The Kier molecular flexibility index (Phi) is 6.28. The minimum atomic E-state index is -0.846. The average molecular weight is 458 g/mol. The molecule has 3 heterocycles. The third kappa shape index (κ3) is 4.65. The fraction of sp³-hybridized carbons (Fsp3) is 0.348. The van der Waals surface area contributed by atoms with Crippen molar-refractivity contribution in [1.82, 2.24) is 14.3 Å². The maximum Gasteiger partial charge on any atom is 0.409 e. The number of aromatic nitrogens is 2. The molecule has 1 aromatic carbocycles. The van der Waals surface area contributed by atoms with Gasteiger partial charge in [0.2, 0.25) is 5.91 Å². The molecule has 0 aliphatic carbocycles. The Morgan fingerprint density at radius 1 is 1.27 bits per heavy atom. The van der Waals surface area contributed by atoms with Crippen LogP contribution in [-0.4, -0.2) is 59.2 Å². The highest BCUT2D eigenvalue weighted by Crippen LogP contribution is 2.33. The topological polar surface area (TPSA) is 85.2 Å². The molecule has 4 rings (SSSR count). The van der Waals surface area contributed by atoms with E-state index < -0.39 is 29.7 Å². The van der Waals surface area contributed by atoms with E-state index in [1.54, 1.807) is 10.6 Å². The summed E-state index contributed by atoms with van der Waals surface area (Å²) in [6.07, 6.45) is 1.18. The van der Waals surface area contributed by atoms with Crippen LogP contribution in [0.5, 0.6) is 0 Å². The molecule has 1 fully saturated rings. The van der Waals surface area contributed by atoms with Gasteiger partial charge in [-0.2, -0.15) is 0 Å². The number of pyridine rings is 1. The number of imidazole rings is 1. The van der Waals surface area contributed by atoms with Crippen molar-refractivity contribution in [1.29, 1.82) is 0 Å². The van der Waals surface area contributed by atoms with Gasteiger partial charge in [-0.3, -0.25) is 4.79 Å². The molecule has 0 bridgehead atoms. The summed E-state index contributed by atoms with van der Waals surface area (Å²) in [6, 6.07) is 5.82. The molecule has 1 aliphatic rings. The number of hydrogen-bond donors (Lipinski definition) is 1. The van der Waals surface area contributed by atoms with E-state index in [4.69, 9.17) is 9.47 Å². The molecular weight excluding hydrogens is 434 g/mol. The third-order valence-electron chi connectivity index (χ3n) is 5.47. The van der Waals surface area contributed by atoms with E-state index in [1.807, 2.05) is 19.1 Å². The number of carbonyl (C=O) groups excluding carboxylic acids is 2. The molecular formula is C23H24F2N4O4. The predicted molar refractivity (Wildman–Crippen MR) is 117 cm³/mol. The van der Waals surface area contributed by atoms with Gasteiger partial charge in [-0.25, -0.2) is 18.6 Å². The first-order valence-electron chi connectivity index (χ1n) is 10.5. The van der Waals surface area contributed by atoms with Crippen LogP contribution in [0.3, 0.4) is 0 Å². The van der Waals surface area contributed by atoms with Crippen molar-refractivity contribution in [3.63, 3.8) is 0 Å². The number of carbonyl (C=O) groups is 2. The summed E-state index contributed by atoms with van der Waals surface area (Å²) in [6.45, 7) is 4.15. The quantitative estimate of drug-likeness (QED) is 0.646. The molecule has 1 unspecified atom stereocenters. The second-order valence-electron chi connectivity index (χ2n) is 7.95. The van der Waals surface area contributed by atoms with Crippen molar-refractivity contribution in [2.75, 3.05) is 32.1 Å². The molecule has 2 aromatic heterocycles. The van der Waals surface area contributed by atoms with Gasteiger partial charge in [0.1, 0.15) is 17.3 Å². The molecule has 0 radical (unpaired) electrons. The van der Waals surface area contributed by atoms with Crippen LogP contribution in [0.15, 0.2) is 30.5 Å². The van der Waals surface area contributed by atoms with E-state index >= 15 is 8.78 Å². The van der Waals surface area contributed by atoms with E-state index in [0.717, 1.165) is 17.7 Å². The monoisotopic (exact) mass is 458 g/mol. The highest BCUT2D eigenvalue weighted by molar-refractivity contribution is 5.89. The molecule has 1 saturated heterocycles. The summed E-state index contributed by atoms with van der Waals surface area (Å²) < 4.78 is 42.6. The highest BCUT2D eigenvalue weighted by Gasteiger charge is 2.29. The lowest BCUT2D eigenvalue weighted by Crippen LogP contribution is -2.46. The van der Waals surface area contributed by atoms with Gasteiger partial charge >= 0.3 is 6.09 Å². The molecule has 3 aromatic rings. The summed E-state index contributed by atoms with van der Waals surface area (Å²) in [4.78, 5) is 29.3. The SMILES string of the molecule is COC(=O)N1CCOC(Cc2c(-c3c(F)cc(NC(C)=O)cc3F)nc3cc(C)ccn23)C1. The van der Waals surface area contributed by atoms with E-state index in [9.17, 15) is 9.59 Å². The van der Waals surface area contributed by atoms with Crippen LogP contribution in [0.1, 0.15) is 18.2 Å². The highest BCUT2D eigenvalue weighted by atomic mass is 19.1. The maximum atomic E-state index is 15.1. The number of benzene rings is 1. The largest absolute Gasteiger partial charge is 0.453 e. The number of aryl methyl sites for hydroxylation is 1. The standard InChI is InChI=1S/C23H24F2N4O4/c1-13-4-5-29-19(11-16-12-28(6-7-33-16)23(31)32-3)22(27-20(29)8-13)21-17(24)9-15(10-18(21)25)26-14(2)30/h4-5,8-10,16H,6-7,11-12H2,1-3H3,(H,26,30). The third-order valence-corrected chi connectivity index (χ3v) is 5.47. The fourth-order valence-corrected chi connectivity index (χ4v) is 4.02. The number of methoxy groups -OCH3 is 1. The van der Waals surface area contributed by atoms with E-state index in [0.29, 0.717) is 24.5 Å². The van der Waals surface area contributed by atoms with Gasteiger partial charge < -0.3 is 24.1 Å². The molecule has 0 saturated carbocycles. The zero-order valence-electron chi connectivity index (χ0n) is 18.5. The smallest absolute Gasteiger partial charge is 0.409 e. The normalized spacial score (nSPS) is 16.2. The number of nitrogens with one attached hydrogen (secondary N) is 1. The lowest BCUT2D eigenvalue weighted by atomic mass is 10.0. The molecule has 1 N–H and O–H groups in total. The summed E-state index contributed by atoms with van der Waals surface area (Å²) in [7, 11) is 1.31. The number of hydrogen-bond acceptors (Lipinski definition) is 5. The van der Waals surface area contributed by atoms with E-state index in [1.165, 1.54) is 18.9 Å². The zero-order valence-corrected chi connectivity index (χ0v) is 18.5. The summed E-state index contributed by atoms with van der Waals surface area (Å²) >= 11 is 0. The van der Waals surface area contributed by atoms with E-state index in [-0.39, 0.29) is 29.9 Å². The van der Waals surface area contributed by atoms with Crippen LogP contribution in [0.2, 0.25) is 0 Å². The van der Waals surface area contributed by atoms with E-state index in [2.05, 4.69) is 10.3 Å². The minimum Gasteiger partial charge on any atom is -0.453 e. The first kappa shape index (κ1) is 22.7. The van der Waals surface area contributed by atoms with Crippen molar-refractivity contribution in [3.8, 4) is 11.3 Å². The van der Waals surface area contributed by atoms with Crippen molar-refractivity contribution in [2.45, 2.75) is 26.4 Å². The minimum absolute atomic E-state index is 0.0201. The Balaban J connectivity index is 1.78. The van der Waals surface area contributed by atoms with Crippen LogP contribution >= 0.6 is 0 Å². The van der Waals surface area contributed by atoms with Gasteiger partial charge in [0, 0.05) is 31.8 Å². The van der Waals surface area contributed by atoms with Crippen molar-refractivity contribution in [2.24, 2.45) is 0 Å². The Hall–Kier alpha value is -3.53. The zero-order chi connectivity index (χ0) is 23.7. The predicted octanol–water partition coefficient (Wildman–Crippen LogP) is 3.56. The lowest BCUT2D eigenvalue weighted by molar-refractivity contribution is -0.114. The summed E-state index contributed by atoms with van der Waals surface area (Å²) in [5.74, 6) is -2.13. The number of morpholine rings is 1. The van der Waals surface area contributed by atoms with Crippen molar-refractivity contribution in [3.05, 3.63) is 53.4 Å².